The van der Waals surface area contributed by atoms with E-state index < -0.39 is 0 Å². The molecule has 3 aliphatic rings. The van der Waals surface area contributed by atoms with Crippen LogP contribution in [0, 0.1) is 17.8 Å². The molecule has 1 aliphatic heterocycles. The number of hydrogen-bond donors (Lipinski definition) is 1. The first-order chi connectivity index (χ1) is 11.4. The molecule has 1 saturated heterocycles. The van der Waals surface area contributed by atoms with Gasteiger partial charge in [0, 0.05) is 25.8 Å². The van der Waals surface area contributed by atoms with Gasteiger partial charge in [0.1, 0.15) is 0 Å². The lowest BCUT2D eigenvalue weighted by atomic mass is 9.76. The van der Waals surface area contributed by atoms with Gasteiger partial charge in [0.05, 0.1) is 0 Å². The summed E-state index contributed by atoms with van der Waals surface area (Å²) in [7, 11) is 0. The van der Waals surface area contributed by atoms with Crippen LogP contribution in [0.4, 0.5) is 0 Å². The van der Waals surface area contributed by atoms with Crippen LogP contribution in [-0.4, -0.2) is 25.8 Å². The summed E-state index contributed by atoms with van der Waals surface area (Å²) in [6.45, 7) is 3.17. The molecule has 0 amide bonds. The molecule has 0 aromatic heterocycles. The second-order valence-corrected chi connectivity index (χ2v) is 7.94. The third-order valence-corrected chi connectivity index (χ3v) is 6.41. The van der Waals surface area contributed by atoms with Crippen LogP contribution in [0.2, 0.25) is 0 Å². The van der Waals surface area contributed by atoms with Crippen LogP contribution in [0.3, 0.4) is 0 Å². The van der Waals surface area contributed by atoms with E-state index in [0.717, 1.165) is 42.9 Å². The molecular formula is C21H31NO. The Kier molecular flexibility index (Phi) is 5.01. The zero-order chi connectivity index (χ0) is 15.5. The predicted molar refractivity (Wildman–Crippen MR) is 94.6 cm³/mol. The van der Waals surface area contributed by atoms with E-state index in [1.165, 1.54) is 51.5 Å². The maximum Gasteiger partial charge on any atom is 0.0498 e. The predicted octanol–water partition coefficient (Wildman–Crippen LogP) is 4.37. The van der Waals surface area contributed by atoms with Gasteiger partial charge < -0.3 is 10.1 Å². The van der Waals surface area contributed by atoms with Crippen LogP contribution < -0.4 is 5.32 Å². The first-order valence-corrected chi connectivity index (χ1v) is 9.78. The molecule has 0 spiro atoms. The third-order valence-electron chi connectivity index (χ3n) is 6.41. The Morgan fingerprint density at radius 3 is 2.57 bits per heavy atom. The summed E-state index contributed by atoms with van der Waals surface area (Å²) in [6.07, 6.45) is 9.73. The minimum absolute atomic E-state index is 0.721. The Balaban J connectivity index is 1.39. The largest absolute Gasteiger partial charge is 0.381 e. The van der Waals surface area contributed by atoms with Gasteiger partial charge in [-0.15, -0.1) is 0 Å². The molecule has 0 radical (unpaired) electrons. The molecule has 126 valence electrons. The second-order valence-electron chi connectivity index (χ2n) is 7.94. The van der Waals surface area contributed by atoms with Crippen LogP contribution in [0.25, 0.3) is 0 Å². The van der Waals surface area contributed by atoms with Crippen molar-refractivity contribution in [2.75, 3.05) is 19.8 Å². The zero-order valence-electron chi connectivity index (χ0n) is 14.3. The number of nitrogens with one attached hydrogen (secondary N) is 1. The average molecular weight is 313 g/mol. The van der Waals surface area contributed by atoms with Crippen molar-refractivity contribution < 1.29 is 4.74 Å². The Morgan fingerprint density at radius 2 is 1.83 bits per heavy atom. The summed E-state index contributed by atoms with van der Waals surface area (Å²) in [5, 5.41) is 4.01. The first kappa shape index (κ1) is 15.7. The summed E-state index contributed by atoms with van der Waals surface area (Å²) >= 11 is 0. The van der Waals surface area contributed by atoms with Crippen molar-refractivity contribution >= 4 is 0 Å². The standard InChI is InChI=1S/C21H31NO/c1-2-6-16(7-3-1)20(17-10-11-17)14-22-21-9-5-4-8-19(21)18-12-13-23-15-18/h1-3,6-7,17-22H,4-5,8-15H2. The van der Waals surface area contributed by atoms with E-state index in [2.05, 4.69) is 35.6 Å². The average Bonchev–Trinajstić information content (AvgIpc) is 3.29. The molecule has 2 saturated carbocycles. The minimum Gasteiger partial charge on any atom is -0.381 e. The maximum atomic E-state index is 5.67. The normalized spacial score (nSPS) is 32.8. The van der Waals surface area contributed by atoms with Crippen molar-refractivity contribution in [2.45, 2.75) is 56.9 Å². The maximum absolute atomic E-state index is 5.67. The Bertz CT molecular complexity index is 478. The van der Waals surface area contributed by atoms with Gasteiger partial charge in [0.2, 0.25) is 0 Å². The summed E-state index contributed by atoms with van der Waals surface area (Å²) < 4.78 is 5.67. The van der Waals surface area contributed by atoms with Gasteiger partial charge in [0.15, 0.2) is 0 Å². The molecule has 23 heavy (non-hydrogen) atoms. The van der Waals surface area contributed by atoms with Crippen LogP contribution >= 0.6 is 0 Å². The van der Waals surface area contributed by atoms with Gasteiger partial charge in [-0.3, -0.25) is 0 Å². The molecule has 2 aliphatic carbocycles. The fourth-order valence-corrected chi connectivity index (χ4v) is 4.90. The molecular weight excluding hydrogens is 282 g/mol. The summed E-state index contributed by atoms with van der Waals surface area (Å²) in [5.41, 5.74) is 1.54. The molecule has 2 heteroatoms. The van der Waals surface area contributed by atoms with E-state index in [1.807, 2.05) is 0 Å². The molecule has 1 N–H and O–H groups in total. The van der Waals surface area contributed by atoms with Gasteiger partial charge in [-0.25, -0.2) is 0 Å². The minimum atomic E-state index is 0.721. The summed E-state index contributed by atoms with van der Waals surface area (Å²) in [5.74, 6) is 3.30. The fraction of sp³-hybridized carbons (Fsp3) is 0.714. The zero-order valence-corrected chi connectivity index (χ0v) is 14.3. The lowest BCUT2D eigenvalue weighted by molar-refractivity contribution is 0.139. The Labute approximate surface area is 141 Å². The molecule has 1 aromatic carbocycles. The number of benzene rings is 1. The topological polar surface area (TPSA) is 21.3 Å². The van der Waals surface area contributed by atoms with Crippen molar-refractivity contribution in [3.8, 4) is 0 Å². The monoisotopic (exact) mass is 313 g/mol. The van der Waals surface area contributed by atoms with Gasteiger partial charge >= 0.3 is 0 Å². The van der Waals surface area contributed by atoms with Gasteiger partial charge in [0.25, 0.3) is 0 Å². The molecule has 4 unspecified atom stereocenters. The highest BCUT2D eigenvalue weighted by atomic mass is 16.5. The Morgan fingerprint density at radius 1 is 1.00 bits per heavy atom. The van der Waals surface area contributed by atoms with Crippen molar-refractivity contribution in [2.24, 2.45) is 17.8 Å². The van der Waals surface area contributed by atoms with Gasteiger partial charge in [-0.1, -0.05) is 43.2 Å². The lowest BCUT2D eigenvalue weighted by Gasteiger charge is -2.36. The van der Waals surface area contributed by atoms with Gasteiger partial charge in [-0.2, -0.15) is 0 Å². The van der Waals surface area contributed by atoms with Gasteiger partial charge in [-0.05, 0) is 61.3 Å². The molecule has 4 atom stereocenters. The van der Waals surface area contributed by atoms with Crippen LogP contribution in [0.5, 0.6) is 0 Å². The van der Waals surface area contributed by atoms with Crippen LogP contribution in [0.1, 0.15) is 56.4 Å². The SMILES string of the molecule is c1ccc(C(CNC2CCCCC2C2CCOC2)C2CC2)cc1. The quantitative estimate of drug-likeness (QED) is 0.842. The fourth-order valence-electron chi connectivity index (χ4n) is 4.90. The van der Waals surface area contributed by atoms with E-state index in [-0.39, 0.29) is 0 Å². The van der Waals surface area contributed by atoms with Crippen molar-refractivity contribution in [1.82, 2.24) is 5.32 Å². The second kappa shape index (κ2) is 7.36. The molecule has 4 rings (SSSR count). The van der Waals surface area contributed by atoms with E-state index >= 15 is 0 Å². The molecule has 1 heterocycles. The van der Waals surface area contributed by atoms with E-state index in [0.29, 0.717) is 0 Å². The smallest absolute Gasteiger partial charge is 0.0498 e. The molecule has 1 aromatic rings. The van der Waals surface area contributed by atoms with Crippen molar-refractivity contribution in [1.29, 1.82) is 0 Å². The number of ether oxygens (including phenoxy) is 1. The first-order valence-electron chi connectivity index (χ1n) is 9.78. The van der Waals surface area contributed by atoms with E-state index in [9.17, 15) is 0 Å². The van der Waals surface area contributed by atoms with Crippen molar-refractivity contribution in [3.05, 3.63) is 35.9 Å². The molecule has 0 bridgehead atoms. The number of hydrogen-bond acceptors (Lipinski definition) is 2. The molecule has 3 fully saturated rings. The highest BCUT2D eigenvalue weighted by Crippen LogP contribution is 2.43. The third kappa shape index (κ3) is 3.80. The summed E-state index contributed by atoms with van der Waals surface area (Å²) in [6, 6.07) is 11.9. The molecule has 2 nitrogen and oxygen atoms in total. The van der Waals surface area contributed by atoms with Crippen LogP contribution in [-0.2, 0) is 4.74 Å². The lowest BCUT2D eigenvalue weighted by Crippen LogP contribution is -2.43. The highest BCUT2D eigenvalue weighted by Gasteiger charge is 2.36. The van der Waals surface area contributed by atoms with E-state index in [4.69, 9.17) is 4.74 Å². The number of rotatable bonds is 6. The van der Waals surface area contributed by atoms with Crippen LogP contribution in [0.15, 0.2) is 30.3 Å². The van der Waals surface area contributed by atoms with E-state index in [1.54, 1.807) is 5.56 Å². The Hall–Kier alpha value is -0.860. The van der Waals surface area contributed by atoms with Crippen molar-refractivity contribution in [3.63, 3.8) is 0 Å². The summed E-state index contributed by atoms with van der Waals surface area (Å²) in [4.78, 5) is 0. The highest BCUT2D eigenvalue weighted by molar-refractivity contribution is 5.22.